The number of morpholine rings is 1. The molecule has 1 saturated heterocycles. The van der Waals surface area contributed by atoms with Crippen LogP contribution in [0.3, 0.4) is 0 Å². The molecular weight excluding hydrogens is 280 g/mol. The Morgan fingerprint density at radius 3 is 2.95 bits per heavy atom. The Morgan fingerprint density at radius 2 is 2.19 bits per heavy atom. The number of hydrogen-bond donors (Lipinski definition) is 0. The molecule has 1 aromatic carbocycles. The average Bonchev–Trinajstić information content (AvgIpc) is 2.95. The highest BCUT2D eigenvalue weighted by Crippen LogP contribution is 2.25. The summed E-state index contributed by atoms with van der Waals surface area (Å²) in [5.74, 6) is 0. The molecule has 1 fully saturated rings. The van der Waals surface area contributed by atoms with E-state index in [-0.39, 0.29) is 6.10 Å². The highest BCUT2D eigenvalue weighted by molar-refractivity contribution is 7.09. The van der Waals surface area contributed by atoms with Crippen molar-refractivity contribution in [3.05, 3.63) is 52.0 Å². The van der Waals surface area contributed by atoms with Gasteiger partial charge >= 0.3 is 0 Å². The van der Waals surface area contributed by atoms with Crippen molar-refractivity contribution < 1.29 is 4.74 Å². The first-order valence-electron chi connectivity index (χ1n) is 7.61. The van der Waals surface area contributed by atoms with Crippen LogP contribution < -0.4 is 0 Å². The van der Waals surface area contributed by atoms with E-state index >= 15 is 0 Å². The molecule has 0 radical (unpaired) electrons. The zero-order valence-corrected chi connectivity index (χ0v) is 13.3. The van der Waals surface area contributed by atoms with Gasteiger partial charge in [-0.15, -0.1) is 11.3 Å². The molecule has 1 aromatic heterocycles. The maximum Gasteiger partial charge on any atom is 0.123 e. The molecule has 0 aliphatic carbocycles. The van der Waals surface area contributed by atoms with Crippen LogP contribution >= 0.6 is 11.3 Å². The summed E-state index contributed by atoms with van der Waals surface area (Å²) < 4.78 is 5.88. The van der Waals surface area contributed by atoms with Crippen LogP contribution in [0, 0.1) is 6.92 Å². The average molecular weight is 302 g/mol. The van der Waals surface area contributed by atoms with Crippen molar-refractivity contribution in [2.45, 2.75) is 25.9 Å². The molecule has 4 heteroatoms. The molecule has 0 saturated carbocycles. The van der Waals surface area contributed by atoms with Gasteiger partial charge in [0.15, 0.2) is 0 Å². The lowest BCUT2D eigenvalue weighted by Gasteiger charge is -2.31. The van der Waals surface area contributed by atoms with Gasteiger partial charge in [0.05, 0.1) is 6.61 Å². The Bertz CT molecular complexity index is 555. The van der Waals surface area contributed by atoms with E-state index in [4.69, 9.17) is 4.74 Å². The van der Waals surface area contributed by atoms with Crippen LogP contribution in [0.15, 0.2) is 35.7 Å². The fraction of sp³-hybridized carbons (Fsp3) is 0.471. The van der Waals surface area contributed by atoms with Crippen molar-refractivity contribution in [2.75, 3.05) is 26.2 Å². The third kappa shape index (κ3) is 4.13. The first kappa shape index (κ1) is 14.7. The molecule has 0 bridgehead atoms. The number of benzene rings is 1. The zero-order valence-electron chi connectivity index (χ0n) is 12.5. The smallest absolute Gasteiger partial charge is 0.123 e. The van der Waals surface area contributed by atoms with Crippen LogP contribution in [0.5, 0.6) is 0 Å². The second kappa shape index (κ2) is 7.16. The van der Waals surface area contributed by atoms with E-state index in [2.05, 4.69) is 45.6 Å². The topological polar surface area (TPSA) is 25.4 Å². The van der Waals surface area contributed by atoms with Gasteiger partial charge in [-0.05, 0) is 31.9 Å². The van der Waals surface area contributed by atoms with Crippen molar-refractivity contribution in [1.29, 1.82) is 0 Å². The summed E-state index contributed by atoms with van der Waals surface area (Å²) in [5, 5.41) is 3.23. The molecule has 112 valence electrons. The molecule has 1 atom stereocenters. The van der Waals surface area contributed by atoms with Crippen molar-refractivity contribution in [1.82, 2.24) is 9.88 Å². The maximum absolute atomic E-state index is 5.88. The van der Waals surface area contributed by atoms with E-state index in [9.17, 15) is 0 Å². The summed E-state index contributed by atoms with van der Waals surface area (Å²) >= 11 is 1.72. The molecule has 0 spiro atoms. The minimum atomic E-state index is 0.161. The Labute approximate surface area is 130 Å². The number of rotatable bonds is 5. The maximum atomic E-state index is 5.88. The van der Waals surface area contributed by atoms with Crippen molar-refractivity contribution in [3.8, 4) is 0 Å². The van der Waals surface area contributed by atoms with Crippen molar-refractivity contribution >= 4 is 11.3 Å². The van der Waals surface area contributed by atoms with Crippen LogP contribution in [0.1, 0.15) is 28.8 Å². The summed E-state index contributed by atoms with van der Waals surface area (Å²) in [7, 11) is 0. The highest BCUT2D eigenvalue weighted by atomic mass is 32.1. The SMILES string of the molecule is Cc1csc([C@@H]2CN(CCCc3ccccc3)CCO2)n1. The Kier molecular flexibility index (Phi) is 5.01. The molecule has 0 unspecified atom stereocenters. The number of hydrogen-bond acceptors (Lipinski definition) is 4. The van der Waals surface area contributed by atoms with E-state index in [1.54, 1.807) is 11.3 Å². The molecule has 3 rings (SSSR count). The van der Waals surface area contributed by atoms with E-state index in [0.717, 1.165) is 43.4 Å². The lowest BCUT2D eigenvalue weighted by molar-refractivity contribution is -0.0303. The van der Waals surface area contributed by atoms with Gasteiger partial charge in [-0.3, -0.25) is 4.90 Å². The highest BCUT2D eigenvalue weighted by Gasteiger charge is 2.23. The third-order valence-corrected chi connectivity index (χ3v) is 4.90. The molecule has 2 aromatic rings. The van der Waals surface area contributed by atoms with Crippen molar-refractivity contribution in [2.24, 2.45) is 0 Å². The normalized spacial score (nSPS) is 19.8. The van der Waals surface area contributed by atoms with Crippen LogP contribution in [0.25, 0.3) is 0 Å². The third-order valence-electron chi connectivity index (χ3n) is 3.85. The van der Waals surface area contributed by atoms with E-state index in [0.29, 0.717) is 0 Å². The number of aryl methyl sites for hydroxylation is 2. The van der Waals surface area contributed by atoms with Gasteiger partial charge in [-0.25, -0.2) is 4.98 Å². The van der Waals surface area contributed by atoms with Crippen LogP contribution in [-0.4, -0.2) is 36.1 Å². The fourth-order valence-corrected chi connectivity index (χ4v) is 3.56. The number of aromatic nitrogens is 1. The lowest BCUT2D eigenvalue weighted by Crippen LogP contribution is -2.38. The van der Waals surface area contributed by atoms with Gasteiger partial charge < -0.3 is 4.74 Å². The van der Waals surface area contributed by atoms with E-state index in [1.165, 1.54) is 12.0 Å². The van der Waals surface area contributed by atoms with Gasteiger partial charge in [0.25, 0.3) is 0 Å². The Hall–Kier alpha value is -1.23. The zero-order chi connectivity index (χ0) is 14.5. The quantitative estimate of drug-likeness (QED) is 0.846. The monoisotopic (exact) mass is 302 g/mol. The Balaban J connectivity index is 1.48. The molecule has 21 heavy (non-hydrogen) atoms. The van der Waals surface area contributed by atoms with Gasteiger partial charge in [-0.1, -0.05) is 30.3 Å². The second-order valence-corrected chi connectivity index (χ2v) is 6.47. The summed E-state index contributed by atoms with van der Waals surface area (Å²) in [6.45, 7) is 6.01. The summed E-state index contributed by atoms with van der Waals surface area (Å²) in [4.78, 5) is 7.07. The van der Waals surface area contributed by atoms with Gasteiger partial charge in [-0.2, -0.15) is 0 Å². The molecule has 1 aliphatic rings. The largest absolute Gasteiger partial charge is 0.368 e. The van der Waals surface area contributed by atoms with Gasteiger partial charge in [0, 0.05) is 24.2 Å². The predicted molar refractivity (Wildman–Crippen MR) is 86.7 cm³/mol. The van der Waals surface area contributed by atoms with Crippen LogP contribution in [0.2, 0.25) is 0 Å². The standard InChI is InChI=1S/C17H22N2OS/c1-14-13-21-17(18-14)16-12-19(10-11-20-16)9-5-8-15-6-3-2-4-7-15/h2-4,6-7,13,16H,5,8-12H2,1H3/t16-/m0/s1. The molecular formula is C17H22N2OS. The van der Waals surface area contributed by atoms with Gasteiger partial charge in [0.1, 0.15) is 11.1 Å². The summed E-state index contributed by atoms with van der Waals surface area (Å²) in [6, 6.07) is 10.7. The minimum Gasteiger partial charge on any atom is -0.368 e. The minimum absolute atomic E-state index is 0.161. The molecule has 2 heterocycles. The number of ether oxygens (including phenoxy) is 1. The fourth-order valence-electron chi connectivity index (χ4n) is 2.73. The first-order chi connectivity index (χ1) is 10.3. The molecule has 1 aliphatic heterocycles. The van der Waals surface area contributed by atoms with Crippen molar-refractivity contribution in [3.63, 3.8) is 0 Å². The van der Waals surface area contributed by atoms with E-state index in [1.807, 2.05) is 6.92 Å². The first-order valence-corrected chi connectivity index (χ1v) is 8.49. The number of nitrogens with zero attached hydrogens (tertiary/aromatic N) is 2. The second-order valence-electron chi connectivity index (χ2n) is 5.58. The molecule has 0 N–H and O–H groups in total. The van der Waals surface area contributed by atoms with Crippen LogP contribution in [-0.2, 0) is 11.2 Å². The number of thiazole rings is 1. The molecule has 0 amide bonds. The predicted octanol–water partition coefficient (Wildman–Crippen LogP) is 3.46. The Morgan fingerprint density at radius 1 is 1.33 bits per heavy atom. The molecule has 3 nitrogen and oxygen atoms in total. The van der Waals surface area contributed by atoms with Crippen LogP contribution in [0.4, 0.5) is 0 Å². The van der Waals surface area contributed by atoms with Gasteiger partial charge in [0.2, 0.25) is 0 Å². The van der Waals surface area contributed by atoms with E-state index < -0.39 is 0 Å². The summed E-state index contributed by atoms with van der Waals surface area (Å²) in [5.41, 5.74) is 2.53. The lowest BCUT2D eigenvalue weighted by atomic mass is 10.1. The summed E-state index contributed by atoms with van der Waals surface area (Å²) in [6.07, 6.45) is 2.52.